The van der Waals surface area contributed by atoms with Crippen LogP contribution in [0.25, 0.3) is 0 Å². The second-order valence-electron chi connectivity index (χ2n) is 4.50. The predicted octanol–water partition coefficient (Wildman–Crippen LogP) is -0.126. The summed E-state index contributed by atoms with van der Waals surface area (Å²) >= 11 is 0. The quantitative estimate of drug-likeness (QED) is 0.655. The molecule has 1 aromatic rings. The molecule has 1 unspecified atom stereocenters. The second kappa shape index (κ2) is 4.43. The molecule has 2 aliphatic rings. The van der Waals surface area contributed by atoms with Gasteiger partial charge in [0.25, 0.3) is 0 Å². The summed E-state index contributed by atoms with van der Waals surface area (Å²) < 4.78 is 4.81. The zero-order valence-electron chi connectivity index (χ0n) is 10.2. The van der Waals surface area contributed by atoms with E-state index < -0.39 is 6.09 Å². The van der Waals surface area contributed by atoms with E-state index in [4.69, 9.17) is 10.5 Å². The van der Waals surface area contributed by atoms with Gasteiger partial charge in [-0.2, -0.15) is 0 Å². The molecule has 19 heavy (non-hydrogen) atoms. The van der Waals surface area contributed by atoms with E-state index in [0.717, 1.165) is 18.8 Å². The summed E-state index contributed by atoms with van der Waals surface area (Å²) in [5, 5.41) is 6.01. The number of nitrogens with zero attached hydrogens (tertiary/aromatic N) is 1. The van der Waals surface area contributed by atoms with E-state index in [0.29, 0.717) is 18.0 Å². The molecule has 1 aromatic carbocycles. The number of fused-ring (bicyclic) bond motifs is 3. The Balaban J connectivity index is 1.95. The van der Waals surface area contributed by atoms with Gasteiger partial charge in [-0.15, -0.1) is 0 Å². The van der Waals surface area contributed by atoms with Crippen LogP contribution in [0.2, 0.25) is 0 Å². The summed E-state index contributed by atoms with van der Waals surface area (Å²) in [5.74, 6) is 0.260. The maximum Gasteiger partial charge on any atom is 0.409 e. The first kappa shape index (κ1) is 11.8. The molecule has 4 N–H and O–H groups in total. The lowest BCUT2D eigenvalue weighted by molar-refractivity contribution is -0.117. The molecule has 2 heterocycles. The van der Waals surface area contributed by atoms with Gasteiger partial charge in [0.15, 0.2) is 0 Å². The fraction of sp³-hybridized carbons (Fsp3) is 0.333. The number of nitrogens with one attached hydrogen (secondary N) is 2. The maximum atomic E-state index is 12.0. The van der Waals surface area contributed by atoms with Gasteiger partial charge in [-0.1, -0.05) is 0 Å². The van der Waals surface area contributed by atoms with E-state index in [1.807, 2.05) is 6.07 Å². The molecule has 3 rings (SSSR count). The SMILES string of the molecule is NC(=O)Oc1ccc2c(c1)NC(=O)C1CNCCN21. The minimum atomic E-state index is -0.873. The van der Waals surface area contributed by atoms with E-state index >= 15 is 0 Å². The molecule has 0 bridgehead atoms. The predicted molar refractivity (Wildman–Crippen MR) is 69.3 cm³/mol. The largest absolute Gasteiger partial charge is 0.410 e. The number of hydrogen-bond donors (Lipinski definition) is 3. The molecule has 0 aromatic heterocycles. The van der Waals surface area contributed by atoms with E-state index in [1.54, 1.807) is 12.1 Å². The van der Waals surface area contributed by atoms with Crippen LogP contribution in [0, 0.1) is 0 Å². The monoisotopic (exact) mass is 262 g/mol. The lowest BCUT2D eigenvalue weighted by atomic mass is 10.1. The molecule has 0 aliphatic carbocycles. The summed E-state index contributed by atoms with van der Waals surface area (Å²) in [6.45, 7) is 2.23. The average Bonchev–Trinajstić information content (AvgIpc) is 2.38. The highest BCUT2D eigenvalue weighted by atomic mass is 16.5. The van der Waals surface area contributed by atoms with Crippen molar-refractivity contribution in [2.24, 2.45) is 5.73 Å². The molecule has 0 saturated carbocycles. The van der Waals surface area contributed by atoms with Gasteiger partial charge in [0.1, 0.15) is 11.8 Å². The molecule has 1 fully saturated rings. The van der Waals surface area contributed by atoms with Crippen LogP contribution in [0.1, 0.15) is 0 Å². The third-order valence-corrected chi connectivity index (χ3v) is 3.30. The van der Waals surface area contributed by atoms with Crippen LogP contribution in [0.4, 0.5) is 16.2 Å². The third kappa shape index (κ3) is 2.08. The Kier molecular flexibility index (Phi) is 2.75. The van der Waals surface area contributed by atoms with Crippen molar-refractivity contribution in [3.05, 3.63) is 18.2 Å². The molecular weight excluding hydrogens is 248 g/mol. The first-order valence-corrected chi connectivity index (χ1v) is 6.05. The first-order valence-electron chi connectivity index (χ1n) is 6.05. The van der Waals surface area contributed by atoms with Crippen molar-refractivity contribution in [2.45, 2.75) is 6.04 Å². The normalized spacial score (nSPS) is 21.2. The molecule has 7 nitrogen and oxygen atoms in total. The van der Waals surface area contributed by atoms with Gasteiger partial charge >= 0.3 is 6.09 Å². The Morgan fingerprint density at radius 2 is 2.32 bits per heavy atom. The van der Waals surface area contributed by atoms with E-state index in [1.165, 1.54) is 0 Å². The van der Waals surface area contributed by atoms with Crippen LogP contribution >= 0.6 is 0 Å². The fourth-order valence-corrected chi connectivity index (χ4v) is 2.49. The van der Waals surface area contributed by atoms with Crippen LogP contribution in [0.5, 0.6) is 5.75 Å². The molecule has 100 valence electrons. The zero-order chi connectivity index (χ0) is 13.4. The summed E-state index contributed by atoms with van der Waals surface area (Å²) in [6, 6.07) is 4.91. The summed E-state index contributed by atoms with van der Waals surface area (Å²) in [4.78, 5) is 24.8. The number of piperazine rings is 1. The highest BCUT2D eigenvalue weighted by Crippen LogP contribution is 2.35. The van der Waals surface area contributed by atoms with Crippen LogP contribution in [-0.4, -0.2) is 37.7 Å². The van der Waals surface area contributed by atoms with Crippen molar-refractivity contribution in [3.8, 4) is 5.75 Å². The van der Waals surface area contributed by atoms with Crippen LogP contribution < -0.4 is 26.0 Å². The third-order valence-electron chi connectivity index (χ3n) is 3.30. The molecule has 2 aliphatic heterocycles. The molecule has 2 amide bonds. The number of primary amides is 1. The Morgan fingerprint density at radius 1 is 1.47 bits per heavy atom. The highest BCUT2D eigenvalue weighted by Gasteiger charge is 2.34. The minimum absolute atomic E-state index is 0.0593. The number of rotatable bonds is 1. The van der Waals surface area contributed by atoms with Crippen molar-refractivity contribution < 1.29 is 14.3 Å². The average molecular weight is 262 g/mol. The van der Waals surface area contributed by atoms with Crippen molar-refractivity contribution in [3.63, 3.8) is 0 Å². The van der Waals surface area contributed by atoms with Gasteiger partial charge in [0.05, 0.1) is 11.4 Å². The summed E-state index contributed by atoms with van der Waals surface area (Å²) in [7, 11) is 0. The van der Waals surface area contributed by atoms with Gasteiger partial charge in [-0.3, -0.25) is 4.79 Å². The molecular formula is C12H14N4O3. The number of nitrogens with two attached hydrogens (primary N) is 1. The van der Waals surface area contributed by atoms with Gasteiger partial charge in [-0.25, -0.2) is 4.79 Å². The Bertz CT molecular complexity index is 546. The topological polar surface area (TPSA) is 96.7 Å². The van der Waals surface area contributed by atoms with E-state index in [2.05, 4.69) is 15.5 Å². The standard InChI is InChI=1S/C12H14N4O3/c13-12(18)19-7-1-2-9-8(5-7)15-11(17)10-6-14-3-4-16(9)10/h1-2,5,10,14H,3-4,6H2,(H2,13,18)(H,15,17). The first-order chi connectivity index (χ1) is 9.15. The Hall–Kier alpha value is -2.28. The second-order valence-corrected chi connectivity index (χ2v) is 4.50. The lowest BCUT2D eigenvalue weighted by Gasteiger charge is -2.41. The Morgan fingerprint density at radius 3 is 3.11 bits per heavy atom. The zero-order valence-corrected chi connectivity index (χ0v) is 10.2. The minimum Gasteiger partial charge on any atom is -0.410 e. The number of hydrogen-bond acceptors (Lipinski definition) is 5. The van der Waals surface area contributed by atoms with Gasteiger partial charge in [0, 0.05) is 25.7 Å². The lowest BCUT2D eigenvalue weighted by Crippen LogP contribution is -2.58. The summed E-state index contributed by atoms with van der Waals surface area (Å²) in [6.07, 6.45) is -0.873. The smallest absolute Gasteiger partial charge is 0.409 e. The molecule has 1 saturated heterocycles. The highest BCUT2D eigenvalue weighted by molar-refractivity contribution is 6.04. The molecule has 0 spiro atoms. The number of ether oxygens (including phenoxy) is 1. The Labute approximate surface area is 109 Å². The molecule has 0 radical (unpaired) electrons. The van der Waals surface area contributed by atoms with Crippen LogP contribution in [0.15, 0.2) is 18.2 Å². The maximum absolute atomic E-state index is 12.0. The van der Waals surface area contributed by atoms with Gasteiger partial charge in [0.2, 0.25) is 5.91 Å². The number of anilines is 2. The van der Waals surface area contributed by atoms with Crippen molar-refractivity contribution in [1.29, 1.82) is 0 Å². The van der Waals surface area contributed by atoms with Crippen molar-refractivity contribution in [2.75, 3.05) is 29.9 Å². The number of amides is 2. The number of carbonyl (C=O) groups is 2. The number of carbonyl (C=O) groups excluding carboxylic acids is 2. The van der Waals surface area contributed by atoms with Gasteiger partial charge in [-0.05, 0) is 12.1 Å². The van der Waals surface area contributed by atoms with E-state index in [9.17, 15) is 9.59 Å². The van der Waals surface area contributed by atoms with Crippen molar-refractivity contribution in [1.82, 2.24) is 5.32 Å². The summed E-state index contributed by atoms with van der Waals surface area (Å²) in [5.41, 5.74) is 6.54. The van der Waals surface area contributed by atoms with Crippen LogP contribution in [0.3, 0.4) is 0 Å². The number of benzene rings is 1. The van der Waals surface area contributed by atoms with Gasteiger partial charge < -0.3 is 26.0 Å². The van der Waals surface area contributed by atoms with E-state index in [-0.39, 0.29) is 11.9 Å². The molecule has 7 heteroatoms. The fourth-order valence-electron chi connectivity index (χ4n) is 2.49. The molecule has 1 atom stereocenters. The van der Waals surface area contributed by atoms with Crippen LogP contribution in [-0.2, 0) is 4.79 Å². The van der Waals surface area contributed by atoms with Crippen molar-refractivity contribution >= 4 is 23.4 Å².